The van der Waals surface area contributed by atoms with Gasteiger partial charge in [-0.25, -0.2) is 0 Å². The lowest BCUT2D eigenvalue weighted by atomic mass is 9.99. The van der Waals surface area contributed by atoms with Gasteiger partial charge >= 0.3 is 0 Å². The molecule has 0 amide bonds. The van der Waals surface area contributed by atoms with Crippen molar-refractivity contribution in [3.05, 3.63) is 35.9 Å². The molecule has 1 heterocycles. The summed E-state index contributed by atoms with van der Waals surface area (Å²) in [5, 5.41) is 3.41. The molecule has 1 saturated heterocycles. The second-order valence-electron chi connectivity index (χ2n) is 4.82. The molecule has 0 bridgehead atoms. The lowest BCUT2D eigenvalue weighted by molar-refractivity contribution is 0.486. The zero-order valence-electron chi connectivity index (χ0n) is 11.8. The summed E-state index contributed by atoms with van der Waals surface area (Å²) in [6, 6.07) is 10.8. The van der Waals surface area contributed by atoms with E-state index in [1.807, 2.05) is 7.05 Å². The number of benzene rings is 1. The fourth-order valence-corrected chi connectivity index (χ4v) is 2.52. The van der Waals surface area contributed by atoms with Gasteiger partial charge in [0.1, 0.15) is 0 Å². The third-order valence-corrected chi connectivity index (χ3v) is 3.50. The van der Waals surface area contributed by atoms with Gasteiger partial charge in [0.2, 0.25) is 0 Å². The first-order valence-corrected chi connectivity index (χ1v) is 6.85. The van der Waals surface area contributed by atoms with Crippen LogP contribution in [0.1, 0.15) is 31.2 Å². The van der Waals surface area contributed by atoms with E-state index in [0.717, 1.165) is 32.0 Å². The van der Waals surface area contributed by atoms with E-state index in [9.17, 15) is 0 Å². The van der Waals surface area contributed by atoms with Crippen molar-refractivity contribution in [3.63, 3.8) is 0 Å². The number of guanidine groups is 1. The zero-order chi connectivity index (χ0) is 12.8. The van der Waals surface area contributed by atoms with Gasteiger partial charge in [-0.2, -0.15) is 0 Å². The molecule has 4 heteroatoms. The summed E-state index contributed by atoms with van der Waals surface area (Å²) in [7, 11) is 1.87. The summed E-state index contributed by atoms with van der Waals surface area (Å²) in [5.74, 6) is 1.70. The number of hydrogen-bond acceptors (Lipinski definition) is 1. The van der Waals surface area contributed by atoms with Crippen LogP contribution in [0.3, 0.4) is 0 Å². The number of hydrogen-bond donors (Lipinski definition) is 1. The number of nitrogens with zero attached hydrogens (tertiary/aromatic N) is 2. The highest BCUT2D eigenvalue weighted by Gasteiger charge is 2.25. The predicted octanol–water partition coefficient (Wildman–Crippen LogP) is 3.08. The molecule has 2 rings (SSSR count). The van der Waals surface area contributed by atoms with E-state index >= 15 is 0 Å². The van der Waals surface area contributed by atoms with Crippen LogP contribution >= 0.6 is 24.0 Å². The highest BCUT2D eigenvalue weighted by Crippen LogP contribution is 2.26. The Morgan fingerprint density at radius 3 is 2.74 bits per heavy atom. The molecule has 1 unspecified atom stereocenters. The summed E-state index contributed by atoms with van der Waals surface area (Å²) in [6.45, 7) is 5.35. The minimum Gasteiger partial charge on any atom is -0.356 e. The van der Waals surface area contributed by atoms with Gasteiger partial charge in [-0.15, -0.1) is 24.0 Å². The van der Waals surface area contributed by atoms with Crippen molar-refractivity contribution in [1.29, 1.82) is 0 Å². The summed E-state index contributed by atoms with van der Waals surface area (Å²) in [4.78, 5) is 6.74. The number of rotatable bonds is 3. The highest BCUT2D eigenvalue weighted by atomic mass is 127. The Hall–Kier alpha value is -0.780. The van der Waals surface area contributed by atoms with E-state index in [1.54, 1.807) is 0 Å². The first-order valence-electron chi connectivity index (χ1n) is 6.85. The summed E-state index contributed by atoms with van der Waals surface area (Å²) in [6.07, 6.45) is 2.35. The van der Waals surface area contributed by atoms with Crippen LogP contribution in [0.5, 0.6) is 0 Å². The van der Waals surface area contributed by atoms with Crippen molar-refractivity contribution < 1.29 is 0 Å². The molecular weight excluding hydrogens is 349 g/mol. The molecule has 0 aromatic heterocycles. The van der Waals surface area contributed by atoms with Crippen LogP contribution in [-0.4, -0.2) is 37.5 Å². The molecule has 1 aromatic rings. The van der Waals surface area contributed by atoms with Crippen molar-refractivity contribution in [2.24, 2.45) is 4.99 Å². The smallest absolute Gasteiger partial charge is 0.193 e. The van der Waals surface area contributed by atoms with Gasteiger partial charge in [0, 0.05) is 32.6 Å². The molecule has 1 N–H and O–H groups in total. The molecule has 0 aliphatic carbocycles. The SMILES string of the molecule is CCCNC(=NC)N1CCC(c2ccccc2)C1.I. The normalized spacial score (nSPS) is 19.2. The van der Waals surface area contributed by atoms with E-state index in [-0.39, 0.29) is 24.0 Å². The van der Waals surface area contributed by atoms with Crippen LogP contribution in [0, 0.1) is 0 Å². The third kappa shape index (κ3) is 4.37. The van der Waals surface area contributed by atoms with Crippen LogP contribution in [-0.2, 0) is 0 Å². The average Bonchev–Trinajstić information content (AvgIpc) is 2.90. The number of nitrogens with one attached hydrogen (secondary N) is 1. The maximum absolute atomic E-state index is 4.37. The van der Waals surface area contributed by atoms with Crippen molar-refractivity contribution in [3.8, 4) is 0 Å². The first kappa shape index (κ1) is 16.3. The van der Waals surface area contributed by atoms with Crippen molar-refractivity contribution in [2.45, 2.75) is 25.7 Å². The van der Waals surface area contributed by atoms with Crippen LogP contribution < -0.4 is 5.32 Å². The molecule has 3 nitrogen and oxygen atoms in total. The number of aliphatic imine (C=N–C) groups is 1. The van der Waals surface area contributed by atoms with Gasteiger partial charge in [0.05, 0.1) is 0 Å². The zero-order valence-corrected chi connectivity index (χ0v) is 14.1. The standard InChI is InChI=1S/C15H23N3.HI/c1-3-10-17-15(16-2)18-11-9-14(12-18)13-7-5-4-6-8-13;/h4-8,14H,3,9-12H2,1-2H3,(H,16,17);1H. The second-order valence-corrected chi connectivity index (χ2v) is 4.82. The molecule has 1 aliphatic heterocycles. The Labute approximate surface area is 133 Å². The minimum absolute atomic E-state index is 0. The Morgan fingerprint density at radius 2 is 2.11 bits per heavy atom. The van der Waals surface area contributed by atoms with Crippen molar-refractivity contribution in [1.82, 2.24) is 10.2 Å². The van der Waals surface area contributed by atoms with Gasteiger partial charge in [0.15, 0.2) is 5.96 Å². The quantitative estimate of drug-likeness (QED) is 0.501. The Bertz CT molecular complexity index is 392. The highest BCUT2D eigenvalue weighted by molar-refractivity contribution is 14.0. The van der Waals surface area contributed by atoms with E-state index in [4.69, 9.17) is 0 Å². The Balaban J connectivity index is 0.00000180. The molecular formula is C15H24IN3. The van der Waals surface area contributed by atoms with E-state index in [1.165, 1.54) is 12.0 Å². The van der Waals surface area contributed by atoms with Crippen molar-refractivity contribution in [2.75, 3.05) is 26.7 Å². The molecule has 0 spiro atoms. The minimum atomic E-state index is 0. The number of likely N-dealkylation sites (tertiary alicyclic amines) is 1. The van der Waals surface area contributed by atoms with Gasteiger partial charge in [0.25, 0.3) is 0 Å². The van der Waals surface area contributed by atoms with Crippen LogP contribution in [0.15, 0.2) is 35.3 Å². The van der Waals surface area contributed by atoms with Crippen molar-refractivity contribution >= 4 is 29.9 Å². The second kappa shape index (κ2) is 8.40. The average molecular weight is 373 g/mol. The molecule has 1 fully saturated rings. The third-order valence-electron chi connectivity index (χ3n) is 3.50. The lowest BCUT2D eigenvalue weighted by Crippen LogP contribution is -2.40. The Morgan fingerprint density at radius 1 is 1.37 bits per heavy atom. The fraction of sp³-hybridized carbons (Fsp3) is 0.533. The monoisotopic (exact) mass is 373 g/mol. The van der Waals surface area contributed by atoms with Gasteiger partial charge in [-0.1, -0.05) is 37.3 Å². The Kier molecular flexibility index (Phi) is 7.20. The molecule has 106 valence electrons. The maximum atomic E-state index is 4.37. The predicted molar refractivity (Wildman–Crippen MR) is 92.4 cm³/mol. The number of halogens is 1. The van der Waals surface area contributed by atoms with Gasteiger partial charge in [-0.05, 0) is 18.4 Å². The molecule has 0 saturated carbocycles. The van der Waals surface area contributed by atoms with Crippen LogP contribution in [0.25, 0.3) is 0 Å². The summed E-state index contributed by atoms with van der Waals surface area (Å²) < 4.78 is 0. The molecule has 0 radical (unpaired) electrons. The van der Waals surface area contributed by atoms with Crippen LogP contribution in [0.4, 0.5) is 0 Å². The molecule has 1 aromatic carbocycles. The van der Waals surface area contributed by atoms with Gasteiger partial charge in [-0.3, -0.25) is 4.99 Å². The molecule has 19 heavy (non-hydrogen) atoms. The van der Waals surface area contributed by atoms with Crippen LogP contribution in [0.2, 0.25) is 0 Å². The van der Waals surface area contributed by atoms with E-state index in [2.05, 4.69) is 52.5 Å². The molecule has 1 atom stereocenters. The van der Waals surface area contributed by atoms with E-state index < -0.39 is 0 Å². The summed E-state index contributed by atoms with van der Waals surface area (Å²) >= 11 is 0. The first-order chi connectivity index (χ1) is 8.85. The lowest BCUT2D eigenvalue weighted by Gasteiger charge is -2.21. The van der Waals surface area contributed by atoms with E-state index in [0.29, 0.717) is 5.92 Å². The molecule has 1 aliphatic rings. The largest absolute Gasteiger partial charge is 0.356 e. The summed E-state index contributed by atoms with van der Waals surface area (Å²) in [5.41, 5.74) is 1.45. The van der Waals surface area contributed by atoms with Gasteiger partial charge < -0.3 is 10.2 Å². The topological polar surface area (TPSA) is 27.6 Å². The fourth-order valence-electron chi connectivity index (χ4n) is 2.52. The maximum Gasteiger partial charge on any atom is 0.193 e.